The van der Waals surface area contributed by atoms with Gasteiger partial charge in [0.2, 0.25) is 0 Å². The molecule has 1 atom stereocenters. The summed E-state index contributed by atoms with van der Waals surface area (Å²) in [5.41, 5.74) is 0. The van der Waals surface area contributed by atoms with Crippen LogP contribution in [-0.4, -0.2) is 9.25 Å². The summed E-state index contributed by atoms with van der Waals surface area (Å²) in [5, 5.41) is 0.722. The fraction of sp³-hybridized carbons (Fsp3) is 0.400. The maximum absolute atomic E-state index is 11.0. The van der Waals surface area contributed by atoms with E-state index in [2.05, 4.69) is 17.6 Å². The minimum atomic E-state index is -1.03. The van der Waals surface area contributed by atoms with Crippen LogP contribution in [0, 0.1) is 0 Å². The molecule has 0 radical (unpaired) electrons. The highest BCUT2D eigenvalue weighted by atomic mass is 32.2. The van der Waals surface area contributed by atoms with E-state index in [1.54, 1.807) is 0 Å². The van der Waals surface area contributed by atoms with Crippen LogP contribution in [0.15, 0.2) is 15.4 Å². The van der Waals surface area contributed by atoms with Gasteiger partial charge in [-0.25, -0.2) is 9.20 Å². The molecule has 0 saturated carbocycles. The van der Waals surface area contributed by atoms with Crippen molar-refractivity contribution in [1.82, 2.24) is 0 Å². The lowest BCUT2D eigenvalue weighted by atomic mass is 10.5. The number of thiol groups is 1. The summed E-state index contributed by atoms with van der Waals surface area (Å²) >= 11 is 3.95. The average Bonchev–Trinajstić information content (AvgIpc) is 2.15. The molecule has 1 heterocycles. The minimum absolute atomic E-state index is 0.562. The fourth-order valence-corrected chi connectivity index (χ4v) is 1.74. The Morgan fingerprint density at radius 1 is 1.89 bits per heavy atom. The van der Waals surface area contributed by atoms with Crippen molar-refractivity contribution in [3.8, 4) is 0 Å². The topological polar surface area (TPSA) is 29.4 Å². The van der Waals surface area contributed by atoms with Crippen LogP contribution in [0.5, 0.6) is 0 Å². The van der Waals surface area contributed by atoms with Gasteiger partial charge in [0.15, 0.2) is 0 Å². The normalized spacial score (nSPS) is 25.8. The molecular weight excluding hydrogens is 154 g/mol. The quantitative estimate of drug-likeness (QED) is 0.577. The Hall–Kier alpha value is -0.0900. The molecule has 0 aromatic carbocycles. The molecule has 0 aromatic heterocycles. The first-order valence-corrected chi connectivity index (χ1v) is 4.23. The van der Waals surface area contributed by atoms with Crippen molar-refractivity contribution in [2.45, 2.75) is 13.3 Å². The standard InChI is InChI=1S/C5H7NOS2/c1-2-4-6-3-5(8)9(4)7/h3,8H,2H2,1H3. The van der Waals surface area contributed by atoms with Crippen molar-refractivity contribution in [1.29, 1.82) is 0 Å². The molecule has 0 saturated heterocycles. The zero-order chi connectivity index (χ0) is 6.85. The number of nitrogens with zero attached hydrogens (tertiary/aromatic N) is 1. The molecular formula is C5H7NOS2. The van der Waals surface area contributed by atoms with Gasteiger partial charge in [0, 0.05) is 0 Å². The van der Waals surface area contributed by atoms with Gasteiger partial charge in [0.05, 0.1) is 10.4 Å². The lowest BCUT2D eigenvalue weighted by Crippen LogP contribution is -1.99. The van der Waals surface area contributed by atoms with Gasteiger partial charge in [-0.1, -0.05) is 6.92 Å². The Morgan fingerprint density at radius 3 is 2.78 bits per heavy atom. The lowest BCUT2D eigenvalue weighted by molar-refractivity contribution is 0.694. The third kappa shape index (κ3) is 1.24. The fourth-order valence-electron chi connectivity index (χ4n) is 0.566. The Labute approximate surface area is 61.9 Å². The largest absolute Gasteiger partial charge is 0.250 e. The predicted molar refractivity (Wildman–Crippen MR) is 42.9 cm³/mol. The Bertz CT molecular complexity index is 207. The highest BCUT2D eigenvalue weighted by Gasteiger charge is 2.14. The van der Waals surface area contributed by atoms with Crippen molar-refractivity contribution >= 4 is 28.5 Å². The van der Waals surface area contributed by atoms with Crippen LogP contribution in [0.1, 0.15) is 13.3 Å². The second-order valence-electron chi connectivity index (χ2n) is 1.61. The number of hydrogen-bond donors (Lipinski definition) is 1. The monoisotopic (exact) mass is 161 g/mol. The molecule has 1 rings (SSSR count). The van der Waals surface area contributed by atoms with E-state index in [9.17, 15) is 4.21 Å². The van der Waals surface area contributed by atoms with Crippen molar-refractivity contribution in [3.05, 3.63) is 10.4 Å². The first-order valence-electron chi connectivity index (χ1n) is 2.63. The number of aliphatic imine (C=N–C) groups is 1. The molecule has 0 bridgehead atoms. The molecule has 0 fully saturated rings. The van der Waals surface area contributed by atoms with E-state index in [0.717, 1.165) is 11.5 Å². The van der Waals surface area contributed by atoms with E-state index in [-0.39, 0.29) is 0 Å². The maximum atomic E-state index is 11.0. The molecule has 1 aliphatic heterocycles. The number of rotatable bonds is 1. The first kappa shape index (κ1) is 7.02. The SMILES string of the molecule is CCC1=NC=C(S)S1=O. The highest BCUT2D eigenvalue weighted by Crippen LogP contribution is 2.16. The Kier molecular flexibility index (Phi) is 2.08. The summed E-state index contributed by atoms with van der Waals surface area (Å²) in [5.74, 6) is 0. The van der Waals surface area contributed by atoms with E-state index >= 15 is 0 Å². The van der Waals surface area contributed by atoms with Gasteiger partial charge < -0.3 is 0 Å². The van der Waals surface area contributed by atoms with Gasteiger partial charge >= 0.3 is 0 Å². The third-order valence-electron chi connectivity index (χ3n) is 1.03. The van der Waals surface area contributed by atoms with Gasteiger partial charge in [-0.2, -0.15) is 0 Å². The van der Waals surface area contributed by atoms with Crippen LogP contribution in [0.3, 0.4) is 0 Å². The number of hydrogen-bond acceptors (Lipinski definition) is 3. The molecule has 0 spiro atoms. The predicted octanol–water partition coefficient (Wildman–Crippen LogP) is 1.29. The molecule has 0 N–H and O–H groups in total. The van der Waals surface area contributed by atoms with E-state index in [1.165, 1.54) is 6.20 Å². The van der Waals surface area contributed by atoms with Crippen LogP contribution in [0.2, 0.25) is 0 Å². The maximum Gasteiger partial charge on any atom is 0.109 e. The van der Waals surface area contributed by atoms with Gasteiger partial charge in [-0.3, -0.25) is 0 Å². The summed E-state index contributed by atoms with van der Waals surface area (Å²) < 4.78 is 11.5. The summed E-state index contributed by atoms with van der Waals surface area (Å²) in [7, 11) is -1.03. The lowest BCUT2D eigenvalue weighted by Gasteiger charge is -1.91. The second kappa shape index (κ2) is 2.66. The average molecular weight is 161 g/mol. The second-order valence-corrected chi connectivity index (χ2v) is 3.85. The van der Waals surface area contributed by atoms with Crippen LogP contribution >= 0.6 is 12.6 Å². The molecule has 0 aliphatic carbocycles. The van der Waals surface area contributed by atoms with E-state index < -0.39 is 10.8 Å². The summed E-state index contributed by atoms with van der Waals surface area (Å²) in [4.78, 5) is 3.89. The zero-order valence-corrected chi connectivity index (χ0v) is 6.71. The summed E-state index contributed by atoms with van der Waals surface area (Å²) in [6.07, 6.45) is 2.28. The molecule has 9 heavy (non-hydrogen) atoms. The third-order valence-corrected chi connectivity index (χ3v) is 2.95. The van der Waals surface area contributed by atoms with Gasteiger partial charge in [-0.05, 0) is 6.42 Å². The zero-order valence-electron chi connectivity index (χ0n) is 5.00. The van der Waals surface area contributed by atoms with Crippen LogP contribution in [-0.2, 0) is 10.8 Å². The first-order chi connectivity index (χ1) is 4.25. The van der Waals surface area contributed by atoms with Crippen LogP contribution in [0.4, 0.5) is 0 Å². The summed E-state index contributed by atoms with van der Waals surface area (Å²) in [6, 6.07) is 0. The molecule has 4 heteroatoms. The smallest absolute Gasteiger partial charge is 0.109 e. The Balaban J connectivity index is 2.79. The van der Waals surface area contributed by atoms with Crippen LogP contribution < -0.4 is 0 Å². The molecule has 1 unspecified atom stereocenters. The van der Waals surface area contributed by atoms with Crippen molar-refractivity contribution in [2.24, 2.45) is 4.99 Å². The van der Waals surface area contributed by atoms with Gasteiger partial charge in [-0.15, -0.1) is 12.6 Å². The van der Waals surface area contributed by atoms with E-state index in [1.807, 2.05) is 6.92 Å². The molecule has 0 amide bonds. The minimum Gasteiger partial charge on any atom is -0.250 e. The summed E-state index contributed by atoms with van der Waals surface area (Å²) in [6.45, 7) is 1.93. The van der Waals surface area contributed by atoms with E-state index in [4.69, 9.17) is 0 Å². The Morgan fingerprint density at radius 2 is 2.56 bits per heavy atom. The van der Waals surface area contributed by atoms with E-state index in [0.29, 0.717) is 4.24 Å². The van der Waals surface area contributed by atoms with Gasteiger partial charge in [0.1, 0.15) is 15.8 Å². The molecule has 0 aromatic rings. The molecule has 50 valence electrons. The van der Waals surface area contributed by atoms with Crippen molar-refractivity contribution in [2.75, 3.05) is 0 Å². The van der Waals surface area contributed by atoms with Crippen LogP contribution in [0.25, 0.3) is 0 Å². The highest BCUT2D eigenvalue weighted by molar-refractivity contribution is 8.15. The van der Waals surface area contributed by atoms with Crippen molar-refractivity contribution in [3.63, 3.8) is 0 Å². The van der Waals surface area contributed by atoms with Gasteiger partial charge in [0.25, 0.3) is 0 Å². The molecule has 1 aliphatic rings. The molecule has 2 nitrogen and oxygen atoms in total. The van der Waals surface area contributed by atoms with Crippen molar-refractivity contribution < 1.29 is 4.21 Å².